The zero-order valence-corrected chi connectivity index (χ0v) is 19.6. The molecule has 0 aliphatic carbocycles. The smallest absolute Gasteiger partial charge is 0.194 e. The SMILES string of the molecule is CCNC(=NCCC1CCN(C)CC1)N1CCN(c2ccccc2O)CC1.I. The Labute approximate surface area is 187 Å². The summed E-state index contributed by atoms with van der Waals surface area (Å²) in [7, 11) is 2.21. The van der Waals surface area contributed by atoms with Crippen molar-refractivity contribution in [1.29, 1.82) is 0 Å². The average molecular weight is 501 g/mol. The van der Waals surface area contributed by atoms with E-state index in [0.29, 0.717) is 5.75 Å². The predicted molar refractivity (Wildman–Crippen MR) is 128 cm³/mol. The number of anilines is 1. The Hall–Kier alpha value is -1.22. The second-order valence-corrected chi connectivity index (χ2v) is 7.73. The summed E-state index contributed by atoms with van der Waals surface area (Å²) in [5, 5.41) is 13.5. The third-order valence-corrected chi connectivity index (χ3v) is 5.77. The van der Waals surface area contributed by atoms with E-state index in [9.17, 15) is 5.11 Å². The Balaban J connectivity index is 0.00000280. The molecule has 28 heavy (non-hydrogen) atoms. The van der Waals surface area contributed by atoms with E-state index in [0.717, 1.165) is 56.8 Å². The van der Waals surface area contributed by atoms with Crippen LogP contribution in [-0.4, -0.2) is 80.3 Å². The third-order valence-electron chi connectivity index (χ3n) is 5.77. The van der Waals surface area contributed by atoms with E-state index >= 15 is 0 Å². The number of benzene rings is 1. The summed E-state index contributed by atoms with van der Waals surface area (Å²) in [6, 6.07) is 7.60. The van der Waals surface area contributed by atoms with Gasteiger partial charge in [-0.3, -0.25) is 4.99 Å². The van der Waals surface area contributed by atoms with E-state index in [1.165, 1.54) is 32.4 Å². The van der Waals surface area contributed by atoms with Gasteiger partial charge in [0.05, 0.1) is 5.69 Å². The average Bonchev–Trinajstić information content (AvgIpc) is 2.69. The summed E-state index contributed by atoms with van der Waals surface area (Å²) in [4.78, 5) is 12.0. The van der Waals surface area contributed by atoms with Crippen LogP contribution < -0.4 is 10.2 Å². The highest BCUT2D eigenvalue weighted by molar-refractivity contribution is 14.0. The van der Waals surface area contributed by atoms with Crippen molar-refractivity contribution in [3.05, 3.63) is 24.3 Å². The largest absolute Gasteiger partial charge is 0.506 e. The fourth-order valence-electron chi connectivity index (χ4n) is 4.02. The molecule has 0 aromatic heterocycles. The van der Waals surface area contributed by atoms with Crippen LogP contribution in [0.3, 0.4) is 0 Å². The highest BCUT2D eigenvalue weighted by Crippen LogP contribution is 2.27. The van der Waals surface area contributed by atoms with E-state index in [1.54, 1.807) is 6.07 Å². The number of aliphatic imine (C=N–C) groups is 1. The maximum atomic E-state index is 10.1. The van der Waals surface area contributed by atoms with Crippen LogP contribution in [0.25, 0.3) is 0 Å². The first kappa shape index (κ1) is 23.1. The summed E-state index contributed by atoms with van der Waals surface area (Å²) in [6.07, 6.45) is 3.81. The number of guanidine groups is 1. The van der Waals surface area contributed by atoms with E-state index < -0.39 is 0 Å². The number of aromatic hydroxyl groups is 1. The molecule has 2 aliphatic rings. The van der Waals surface area contributed by atoms with Gasteiger partial charge in [-0.1, -0.05) is 12.1 Å². The maximum Gasteiger partial charge on any atom is 0.194 e. The Morgan fingerprint density at radius 3 is 2.43 bits per heavy atom. The Morgan fingerprint density at radius 1 is 1.11 bits per heavy atom. The molecule has 1 aromatic carbocycles. The Kier molecular flexibility index (Phi) is 9.64. The number of likely N-dealkylation sites (tertiary alicyclic amines) is 1. The number of phenols is 1. The van der Waals surface area contributed by atoms with Crippen molar-refractivity contribution in [2.75, 3.05) is 64.3 Å². The Morgan fingerprint density at radius 2 is 1.79 bits per heavy atom. The maximum absolute atomic E-state index is 10.1. The fourth-order valence-corrected chi connectivity index (χ4v) is 4.02. The molecule has 2 N–H and O–H groups in total. The number of hydrogen-bond donors (Lipinski definition) is 2. The number of rotatable bonds is 5. The van der Waals surface area contributed by atoms with Gasteiger partial charge in [-0.15, -0.1) is 24.0 Å². The number of halogens is 1. The molecule has 7 heteroatoms. The molecule has 0 bridgehead atoms. The summed E-state index contributed by atoms with van der Waals surface area (Å²) < 4.78 is 0. The van der Waals surface area contributed by atoms with Crippen molar-refractivity contribution in [3.63, 3.8) is 0 Å². The fraction of sp³-hybridized carbons (Fsp3) is 0.667. The minimum Gasteiger partial charge on any atom is -0.506 e. The van der Waals surface area contributed by atoms with Crippen LogP contribution in [0.15, 0.2) is 29.3 Å². The standard InChI is InChI=1S/C21H35N5O.HI/c1-3-22-21(23-11-8-18-9-12-24(2)13-10-18)26-16-14-25(15-17-26)19-6-4-5-7-20(19)27;/h4-7,18,27H,3,8-17H2,1-2H3,(H,22,23);1H. The zero-order valence-electron chi connectivity index (χ0n) is 17.3. The van der Waals surface area contributed by atoms with Gasteiger partial charge in [0.15, 0.2) is 5.96 Å². The van der Waals surface area contributed by atoms with Crippen molar-refractivity contribution in [1.82, 2.24) is 15.1 Å². The lowest BCUT2D eigenvalue weighted by atomic mass is 9.94. The minimum atomic E-state index is 0. The summed E-state index contributed by atoms with van der Waals surface area (Å²) in [5.41, 5.74) is 0.932. The number of piperidine rings is 1. The lowest BCUT2D eigenvalue weighted by Gasteiger charge is -2.38. The first-order valence-electron chi connectivity index (χ1n) is 10.4. The molecule has 2 fully saturated rings. The topological polar surface area (TPSA) is 54.3 Å². The number of piperazine rings is 1. The van der Waals surface area contributed by atoms with Crippen molar-refractivity contribution in [3.8, 4) is 5.75 Å². The van der Waals surface area contributed by atoms with Crippen LogP contribution in [0.2, 0.25) is 0 Å². The van der Waals surface area contributed by atoms with Crippen molar-refractivity contribution in [2.24, 2.45) is 10.9 Å². The van der Waals surface area contributed by atoms with E-state index in [4.69, 9.17) is 4.99 Å². The van der Waals surface area contributed by atoms with Gasteiger partial charge in [0.1, 0.15) is 5.75 Å². The third kappa shape index (κ3) is 6.40. The number of nitrogens with one attached hydrogen (secondary N) is 1. The van der Waals surface area contributed by atoms with Gasteiger partial charge >= 0.3 is 0 Å². The molecule has 158 valence electrons. The van der Waals surface area contributed by atoms with Gasteiger partial charge in [0.25, 0.3) is 0 Å². The Bertz CT molecular complexity index is 611. The molecule has 0 unspecified atom stereocenters. The molecule has 0 atom stereocenters. The summed E-state index contributed by atoms with van der Waals surface area (Å²) >= 11 is 0. The minimum absolute atomic E-state index is 0. The first-order valence-corrected chi connectivity index (χ1v) is 10.4. The van der Waals surface area contributed by atoms with Gasteiger partial charge in [-0.2, -0.15) is 0 Å². The number of para-hydroxylation sites is 2. The summed E-state index contributed by atoms with van der Waals surface area (Å²) in [5.74, 6) is 2.23. The first-order chi connectivity index (χ1) is 13.2. The predicted octanol–water partition coefficient (Wildman–Crippen LogP) is 2.83. The van der Waals surface area contributed by atoms with Gasteiger partial charge in [0, 0.05) is 39.3 Å². The molecule has 0 amide bonds. The summed E-state index contributed by atoms with van der Waals surface area (Å²) in [6.45, 7) is 10.0. The molecule has 3 rings (SSSR count). The lowest BCUT2D eigenvalue weighted by molar-refractivity contribution is 0.214. The van der Waals surface area contributed by atoms with Crippen molar-refractivity contribution >= 4 is 35.6 Å². The second-order valence-electron chi connectivity index (χ2n) is 7.73. The van der Waals surface area contributed by atoms with Gasteiger partial charge in [-0.05, 0) is 64.4 Å². The zero-order chi connectivity index (χ0) is 19.1. The molecule has 1 aromatic rings. The monoisotopic (exact) mass is 501 g/mol. The quantitative estimate of drug-likeness (QED) is 0.369. The molecule has 0 saturated carbocycles. The molecule has 2 aliphatic heterocycles. The number of nitrogens with zero attached hydrogens (tertiary/aromatic N) is 4. The molecule has 2 heterocycles. The van der Waals surface area contributed by atoms with Crippen LogP contribution in [0, 0.1) is 5.92 Å². The highest BCUT2D eigenvalue weighted by Gasteiger charge is 2.21. The molecule has 6 nitrogen and oxygen atoms in total. The van der Waals surface area contributed by atoms with Crippen molar-refractivity contribution in [2.45, 2.75) is 26.2 Å². The van der Waals surface area contributed by atoms with E-state index in [1.807, 2.05) is 18.2 Å². The molecular weight excluding hydrogens is 465 g/mol. The normalized spacial score (nSPS) is 19.4. The van der Waals surface area contributed by atoms with E-state index in [-0.39, 0.29) is 24.0 Å². The van der Waals surface area contributed by atoms with E-state index in [2.05, 4.69) is 34.0 Å². The van der Waals surface area contributed by atoms with Crippen LogP contribution in [0.1, 0.15) is 26.2 Å². The van der Waals surface area contributed by atoms with Crippen LogP contribution in [0.5, 0.6) is 5.75 Å². The van der Waals surface area contributed by atoms with Crippen LogP contribution in [0.4, 0.5) is 5.69 Å². The van der Waals surface area contributed by atoms with Gasteiger partial charge < -0.3 is 25.1 Å². The van der Waals surface area contributed by atoms with Gasteiger partial charge in [-0.25, -0.2) is 0 Å². The van der Waals surface area contributed by atoms with Gasteiger partial charge in [0.2, 0.25) is 0 Å². The van der Waals surface area contributed by atoms with Crippen LogP contribution >= 0.6 is 24.0 Å². The molecule has 0 radical (unpaired) electrons. The second kappa shape index (κ2) is 11.7. The lowest BCUT2D eigenvalue weighted by Crippen LogP contribution is -2.52. The molecular formula is C21H36IN5O. The molecule has 2 saturated heterocycles. The highest BCUT2D eigenvalue weighted by atomic mass is 127. The van der Waals surface area contributed by atoms with Crippen molar-refractivity contribution < 1.29 is 5.11 Å². The van der Waals surface area contributed by atoms with Crippen LogP contribution in [-0.2, 0) is 0 Å². The number of phenolic OH excluding ortho intramolecular Hbond substituents is 1. The number of hydrogen-bond acceptors (Lipinski definition) is 4. The molecule has 0 spiro atoms.